The minimum absolute atomic E-state index is 0.0795. The summed E-state index contributed by atoms with van der Waals surface area (Å²) in [5.74, 6) is 1.16. The van der Waals surface area contributed by atoms with Crippen LogP contribution in [0, 0.1) is 6.92 Å². The van der Waals surface area contributed by atoms with E-state index in [1.807, 2.05) is 30.6 Å². The molecule has 0 radical (unpaired) electrons. The number of amides is 1. The third-order valence-corrected chi connectivity index (χ3v) is 4.48. The fourth-order valence-electron chi connectivity index (χ4n) is 3.11. The van der Waals surface area contributed by atoms with Crippen molar-refractivity contribution in [1.82, 2.24) is 4.57 Å². The molecule has 5 heteroatoms. The van der Waals surface area contributed by atoms with Gasteiger partial charge in [-0.2, -0.15) is 0 Å². The number of nitrogens with zero attached hydrogens (tertiary/aromatic N) is 1. The Morgan fingerprint density at radius 3 is 2.48 bits per heavy atom. The average Bonchev–Trinajstić information content (AvgIpc) is 3.21. The van der Waals surface area contributed by atoms with Crippen molar-refractivity contribution in [2.75, 3.05) is 19.5 Å². The minimum Gasteiger partial charge on any atom is -0.497 e. The second-order valence-corrected chi connectivity index (χ2v) is 6.38. The van der Waals surface area contributed by atoms with Crippen LogP contribution >= 0.6 is 0 Å². The highest BCUT2D eigenvalue weighted by atomic mass is 16.5. The van der Waals surface area contributed by atoms with Gasteiger partial charge >= 0.3 is 0 Å². The summed E-state index contributed by atoms with van der Waals surface area (Å²) in [5.41, 5.74) is 2.89. The molecule has 3 aromatic rings. The summed E-state index contributed by atoms with van der Waals surface area (Å²) in [6, 6.07) is 17.4. The zero-order valence-corrected chi connectivity index (χ0v) is 15.8. The van der Waals surface area contributed by atoms with E-state index in [4.69, 9.17) is 9.47 Å². The molecule has 2 aromatic carbocycles. The van der Waals surface area contributed by atoms with Gasteiger partial charge in [-0.15, -0.1) is 0 Å². The Morgan fingerprint density at radius 2 is 1.81 bits per heavy atom. The summed E-state index contributed by atoms with van der Waals surface area (Å²) in [5, 5.41) is 2.96. The first-order valence-electron chi connectivity index (χ1n) is 8.81. The quantitative estimate of drug-likeness (QED) is 0.675. The predicted octanol–water partition coefficient (Wildman–Crippen LogP) is 4.43. The molecule has 27 heavy (non-hydrogen) atoms. The number of hydrogen-bond donors (Lipinski definition) is 1. The van der Waals surface area contributed by atoms with Gasteiger partial charge in [0.2, 0.25) is 5.91 Å². The van der Waals surface area contributed by atoms with E-state index >= 15 is 0 Å². The number of carbonyl (C=O) groups excluding carboxylic acids is 1. The molecule has 3 rings (SSSR count). The number of hydrogen-bond acceptors (Lipinski definition) is 3. The molecule has 1 unspecified atom stereocenters. The van der Waals surface area contributed by atoms with Gasteiger partial charge in [0.25, 0.3) is 0 Å². The van der Waals surface area contributed by atoms with Crippen LogP contribution in [0.25, 0.3) is 0 Å². The van der Waals surface area contributed by atoms with Crippen LogP contribution in [0.3, 0.4) is 0 Å². The molecule has 0 fully saturated rings. The minimum atomic E-state index is -0.0846. The maximum atomic E-state index is 12.8. The lowest BCUT2D eigenvalue weighted by Crippen LogP contribution is -2.20. The number of benzene rings is 2. The van der Waals surface area contributed by atoms with Crippen LogP contribution < -0.4 is 14.8 Å². The molecule has 0 saturated carbocycles. The van der Waals surface area contributed by atoms with Gasteiger partial charge in [0.05, 0.1) is 32.4 Å². The lowest BCUT2D eigenvalue weighted by Gasteiger charge is -2.20. The molecule has 140 valence electrons. The average molecular weight is 364 g/mol. The van der Waals surface area contributed by atoms with Crippen molar-refractivity contribution in [2.45, 2.75) is 19.4 Å². The number of methoxy groups -OCH3 is 2. The summed E-state index contributed by atoms with van der Waals surface area (Å²) >= 11 is 0. The molecule has 0 saturated heterocycles. The molecular formula is C22H24N2O3. The number of ether oxygens (including phenoxy) is 2. The van der Waals surface area contributed by atoms with Crippen molar-refractivity contribution in [1.29, 1.82) is 0 Å². The predicted molar refractivity (Wildman–Crippen MR) is 107 cm³/mol. The zero-order valence-electron chi connectivity index (χ0n) is 15.8. The number of nitrogens with one attached hydrogen (secondary N) is 1. The lowest BCUT2D eigenvalue weighted by atomic mass is 10.0. The SMILES string of the molecule is COc1ccc(NC(=O)CC(c2cccc(C)c2)n2cccc2)c(OC)c1. The molecule has 1 heterocycles. The largest absolute Gasteiger partial charge is 0.497 e. The third kappa shape index (κ3) is 4.50. The number of anilines is 1. The van der Waals surface area contributed by atoms with Crippen molar-refractivity contribution >= 4 is 11.6 Å². The number of carbonyl (C=O) groups is 1. The van der Waals surface area contributed by atoms with Crippen molar-refractivity contribution in [2.24, 2.45) is 0 Å². The molecule has 1 N–H and O–H groups in total. The first-order chi connectivity index (χ1) is 13.1. The van der Waals surface area contributed by atoms with Crippen LogP contribution in [0.1, 0.15) is 23.6 Å². The highest BCUT2D eigenvalue weighted by molar-refractivity contribution is 5.93. The Bertz CT molecular complexity index is 904. The Balaban J connectivity index is 1.81. The van der Waals surface area contributed by atoms with E-state index in [2.05, 4.69) is 35.0 Å². The van der Waals surface area contributed by atoms with Crippen LogP contribution in [0.4, 0.5) is 5.69 Å². The first-order valence-corrected chi connectivity index (χ1v) is 8.81. The van der Waals surface area contributed by atoms with Crippen molar-refractivity contribution in [3.8, 4) is 11.5 Å². The number of aromatic nitrogens is 1. The molecule has 0 spiro atoms. The van der Waals surface area contributed by atoms with Gasteiger partial charge < -0.3 is 19.4 Å². The Hall–Kier alpha value is -3.21. The van der Waals surface area contributed by atoms with E-state index in [0.717, 1.165) is 5.56 Å². The van der Waals surface area contributed by atoms with Crippen molar-refractivity contribution in [3.63, 3.8) is 0 Å². The molecule has 1 atom stereocenters. The number of rotatable bonds is 7. The molecule has 1 aromatic heterocycles. The summed E-state index contributed by atoms with van der Waals surface area (Å²) in [4.78, 5) is 12.8. The maximum Gasteiger partial charge on any atom is 0.226 e. The fraction of sp³-hybridized carbons (Fsp3) is 0.227. The van der Waals surface area contributed by atoms with Gasteiger partial charge in [0.1, 0.15) is 11.5 Å². The smallest absolute Gasteiger partial charge is 0.226 e. The normalized spacial score (nSPS) is 11.7. The molecular weight excluding hydrogens is 340 g/mol. The number of aryl methyl sites for hydroxylation is 1. The Kier molecular flexibility index (Phi) is 5.81. The summed E-state index contributed by atoms with van der Waals surface area (Å²) < 4.78 is 12.6. The van der Waals surface area contributed by atoms with E-state index < -0.39 is 0 Å². The zero-order chi connectivity index (χ0) is 19.2. The van der Waals surface area contributed by atoms with Crippen molar-refractivity contribution < 1.29 is 14.3 Å². The summed E-state index contributed by atoms with van der Waals surface area (Å²) in [7, 11) is 3.16. The highest BCUT2D eigenvalue weighted by Gasteiger charge is 2.18. The van der Waals surface area contributed by atoms with Gasteiger partial charge in [0.15, 0.2) is 0 Å². The molecule has 0 aliphatic heterocycles. The Labute approximate surface area is 159 Å². The molecule has 0 aliphatic carbocycles. The van der Waals surface area contributed by atoms with E-state index in [0.29, 0.717) is 23.6 Å². The van der Waals surface area contributed by atoms with E-state index in [1.54, 1.807) is 32.4 Å². The molecule has 5 nitrogen and oxygen atoms in total. The van der Waals surface area contributed by atoms with Gasteiger partial charge in [-0.3, -0.25) is 4.79 Å². The second-order valence-electron chi connectivity index (χ2n) is 6.38. The standard InChI is InChI=1S/C22H24N2O3/c1-16-7-6-8-17(13-16)20(24-11-4-5-12-24)15-22(25)23-19-10-9-18(26-2)14-21(19)27-3/h4-14,20H,15H2,1-3H3,(H,23,25). The van der Waals surface area contributed by atoms with E-state index in [-0.39, 0.29) is 11.9 Å². The van der Waals surface area contributed by atoms with E-state index in [9.17, 15) is 4.79 Å². The van der Waals surface area contributed by atoms with Gasteiger partial charge in [-0.1, -0.05) is 29.8 Å². The van der Waals surface area contributed by atoms with Crippen molar-refractivity contribution in [3.05, 3.63) is 78.1 Å². The van der Waals surface area contributed by atoms with Gasteiger partial charge in [-0.25, -0.2) is 0 Å². The molecule has 0 bridgehead atoms. The summed E-state index contributed by atoms with van der Waals surface area (Å²) in [6.07, 6.45) is 4.27. The van der Waals surface area contributed by atoms with Crippen LogP contribution in [0.5, 0.6) is 11.5 Å². The van der Waals surface area contributed by atoms with Crippen LogP contribution in [-0.4, -0.2) is 24.7 Å². The summed E-state index contributed by atoms with van der Waals surface area (Å²) in [6.45, 7) is 2.05. The highest BCUT2D eigenvalue weighted by Crippen LogP contribution is 2.30. The Morgan fingerprint density at radius 1 is 1.04 bits per heavy atom. The van der Waals surface area contributed by atoms with Gasteiger partial charge in [-0.05, 0) is 36.8 Å². The lowest BCUT2D eigenvalue weighted by molar-refractivity contribution is -0.116. The fourth-order valence-corrected chi connectivity index (χ4v) is 3.11. The molecule has 1 amide bonds. The van der Waals surface area contributed by atoms with Gasteiger partial charge in [0, 0.05) is 18.5 Å². The monoisotopic (exact) mass is 364 g/mol. The first kappa shape index (κ1) is 18.6. The van der Waals surface area contributed by atoms with Crippen LogP contribution in [-0.2, 0) is 4.79 Å². The molecule has 0 aliphatic rings. The van der Waals surface area contributed by atoms with Crippen LogP contribution in [0.2, 0.25) is 0 Å². The topological polar surface area (TPSA) is 52.5 Å². The second kappa shape index (κ2) is 8.45. The maximum absolute atomic E-state index is 12.8. The van der Waals surface area contributed by atoms with Crippen LogP contribution in [0.15, 0.2) is 67.0 Å². The third-order valence-electron chi connectivity index (χ3n) is 4.48. The van der Waals surface area contributed by atoms with E-state index in [1.165, 1.54) is 5.56 Å².